The summed E-state index contributed by atoms with van der Waals surface area (Å²) < 4.78 is 11.7. The summed E-state index contributed by atoms with van der Waals surface area (Å²) in [5.41, 5.74) is 4.45. The van der Waals surface area contributed by atoms with E-state index in [1.54, 1.807) is 5.57 Å². The van der Waals surface area contributed by atoms with E-state index < -0.39 is 0 Å². The number of ether oxygens (including phenoxy) is 2. The Morgan fingerprint density at radius 2 is 1.83 bits per heavy atom. The van der Waals surface area contributed by atoms with Crippen LogP contribution < -0.4 is 4.74 Å². The highest BCUT2D eigenvalue weighted by Gasteiger charge is 2.36. The number of benzene rings is 1. The molecule has 0 aromatic heterocycles. The molecule has 0 heterocycles. The fourth-order valence-corrected chi connectivity index (χ4v) is 6.38. The lowest BCUT2D eigenvalue weighted by atomic mass is 9.76. The van der Waals surface area contributed by atoms with Crippen molar-refractivity contribution < 1.29 is 14.3 Å². The standard InChI is InChI=1S/C30H44O3.C3H8/c1-3-4-5-6-7-8-12-23-16-17-25-20-28-24(19-27(23)25)13-10-15-29(28)32-21-30(31)33-26-14-9-11-22(2)18-26;1-3-2/h10,12-13,15,22,25-27H,3-9,11,14,16-21H2,1-2H3;3H2,1-2H3/b23-12+;. The molecular formula is C33H52O3. The van der Waals surface area contributed by atoms with E-state index in [2.05, 4.69) is 45.9 Å². The maximum atomic E-state index is 12.4. The molecule has 0 saturated heterocycles. The quantitative estimate of drug-likeness (QED) is 0.184. The second-order valence-electron chi connectivity index (χ2n) is 11.6. The zero-order valence-electron chi connectivity index (χ0n) is 23.7. The average Bonchev–Trinajstić information content (AvgIpc) is 3.25. The Balaban J connectivity index is 0.00000115. The number of unbranched alkanes of at least 4 members (excludes halogenated alkanes) is 5. The van der Waals surface area contributed by atoms with Gasteiger partial charge in [-0.1, -0.05) is 90.0 Å². The Labute approximate surface area is 221 Å². The number of hydrogen-bond acceptors (Lipinski definition) is 3. The van der Waals surface area contributed by atoms with Crippen LogP contribution in [0.25, 0.3) is 0 Å². The van der Waals surface area contributed by atoms with E-state index in [-0.39, 0.29) is 18.7 Å². The van der Waals surface area contributed by atoms with Gasteiger partial charge < -0.3 is 9.47 Å². The largest absolute Gasteiger partial charge is 0.482 e. The normalized spacial score (nSPS) is 25.9. The highest BCUT2D eigenvalue weighted by molar-refractivity contribution is 5.71. The van der Waals surface area contributed by atoms with Gasteiger partial charge in [0.2, 0.25) is 0 Å². The molecule has 3 aliphatic rings. The third kappa shape index (κ3) is 8.67. The highest BCUT2D eigenvalue weighted by Crippen LogP contribution is 2.46. The van der Waals surface area contributed by atoms with Gasteiger partial charge in [-0.2, -0.15) is 0 Å². The van der Waals surface area contributed by atoms with E-state index in [9.17, 15) is 4.79 Å². The van der Waals surface area contributed by atoms with Crippen LogP contribution in [0, 0.1) is 17.8 Å². The lowest BCUT2D eigenvalue weighted by molar-refractivity contribution is -0.153. The third-order valence-corrected chi connectivity index (χ3v) is 8.23. The van der Waals surface area contributed by atoms with Crippen molar-refractivity contribution in [3.8, 4) is 5.75 Å². The van der Waals surface area contributed by atoms with Crippen LogP contribution in [0.3, 0.4) is 0 Å². The van der Waals surface area contributed by atoms with E-state index in [1.807, 2.05) is 6.07 Å². The topological polar surface area (TPSA) is 35.5 Å². The summed E-state index contributed by atoms with van der Waals surface area (Å²) in [6.45, 7) is 8.80. The van der Waals surface area contributed by atoms with Crippen molar-refractivity contribution in [1.82, 2.24) is 0 Å². The summed E-state index contributed by atoms with van der Waals surface area (Å²) in [6, 6.07) is 6.40. The first-order chi connectivity index (χ1) is 17.5. The number of carbonyl (C=O) groups excluding carboxylic acids is 1. The molecule has 202 valence electrons. The van der Waals surface area contributed by atoms with Gasteiger partial charge in [-0.05, 0) is 92.7 Å². The molecule has 0 radical (unpaired) electrons. The first kappa shape index (κ1) is 28.8. The van der Waals surface area contributed by atoms with Crippen molar-refractivity contribution in [3.05, 3.63) is 41.0 Å². The molecule has 3 aliphatic carbocycles. The lowest BCUT2D eigenvalue weighted by Crippen LogP contribution is -2.27. The molecule has 4 rings (SSSR count). The molecule has 4 unspecified atom stereocenters. The highest BCUT2D eigenvalue weighted by atomic mass is 16.6. The Hall–Kier alpha value is -1.77. The maximum Gasteiger partial charge on any atom is 0.344 e. The first-order valence-electron chi connectivity index (χ1n) is 15.2. The molecule has 3 nitrogen and oxygen atoms in total. The van der Waals surface area contributed by atoms with Crippen molar-refractivity contribution in [2.24, 2.45) is 17.8 Å². The summed E-state index contributed by atoms with van der Waals surface area (Å²) in [7, 11) is 0. The van der Waals surface area contributed by atoms with Gasteiger partial charge in [0.15, 0.2) is 6.61 Å². The summed E-state index contributed by atoms with van der Waals surface area (Å²) in [5.74, 6) is 2.77. The average molecular weight is 497 g/mol. The van der Waals surface area contributed by atoms with Crippen LogP contribution in [-0.2, 0) is 22.4 Å². The minimum Gasteiger partial charge on any atom is -0.482 e. The molecule has 36 heavy (non-hydrogen) atoms. The van der Waals surface area contributed by atoms with Gasteiger partial charge in [0.1, 0.15) is 11.9 Å². The summed E-state index contributed by atoms with van der Waals surface area (Å²) in [6.07, 6.45) is 21.1. The molecule has 0 bridgehead atoms. The summed E-state index contributed by atoms with van der Waals surface area (Å²) in [4.78, 5) is 12.4. The molecule has 0 amide bonds. The minimum absolute atomic E-state index is 0.0264. The Morgan fingerprint density at radius 3 is 2.61 bits per heavy atom. The number of esters is 1. The first-order valence-corrected chi connectivity index (χ1v) is 15.2. The van der Waals surface area contributed by atoms with Crippen LogP contribution >= 0.6 is 0 Å². The summed E-state index contributed by atoms with van der Waals surface area (Å²) >= 11 is 0. The van der Waals surface area contributed by atoms with Crippen LogP contribution in [0.1, 0.15) is 122 Å². The molecule has 2 fully saturated rings. The Bertz CT molecular complexity index is 826. The van der Waals surface area contributed by atoms with E-state index in [4.69, 9.17) is 9.47 Å². The molecule has 0 spiro atoms. The monoisotopic (exact) mass is 496 g/mol. The molecule has 1 aromatic carbocycles. The van der Waals surface area contributed by atoms with E-state index >= 15 is 0 Å². The fraction of sp³-hybridized carbons (Fsp3) is 0.727. The summed E-state index contributed by atoms with van der Waals surface area (Å²) in [5, 5.41) is 0. The van der Waals surface area contributed by atoms with Gasteiger partial charge in [0.05, 0.1) is 0 Å². The molecule has 3 heteroatoms. The van der Waals surface area contributed by atoms with Gasteiger partial charge in [-0.15, -0.1) is 0 Å². The smallest absolute Gasteiger partial charge is 0.344 e. The van der Waals surface area contributed by atoms with Gasteiger partial charge in [0, 0.05) is 0 Å². The van der Waals surface area contributed by atoms with Crippen LogP contribution in [0.5, 0.6) is 5.75 Å². The van der Waals surface area contributed by atoms with Crippen LogP contribution in [0.2, 0.25) is 0 Å². The number of rotatable bonds is 10. The molecule has 2 saturated carbocycles. The van der Waals surface area contributed by atoms with Gasteiger partial charge in [-0.3, -0.25) is 0 Å². The van der Waals surface area contributed by atoms with Gasteiger partial charge in [-0.25, -0.2) is 4.79 Å². The van der Waals surface area contributed by atoms with Crippen molar-refractivity contribution in [2.75, 3.05) is 6.61 Å². The molecule has 1 aromatic rings. The van der Waals surface area contributed by atoms with E-state index in [1.165, 1.54) is 75.3 Å². The fourth-order valence-electron chi connectivity index (χ4n) is 6.38. The van der Waals surface area contributed by atoms with Crippen molar-refractivity contribution in [3.63, 3.8) is 0 Å². The zero-order chi connectivity index (χ0) is 25.8. The predicted molar refractivity (Wildman–Crippen MR) is 150 cm³/mol. The van der Waals surface area contributed by atoms with E-state index in [0.29, 0.717) is 11.8 Å². The number of allylic oxidation sites excluding steroid dienone is 2. The number of hydrogen-bond donors (Lipinski definition) is 0. The van der Waals surface area contributed by atoms with Gasteiger partial charge >= 0.3 is 5.97 Å². The molecular weight excluding hydrogens is 444 g/mol. The number of fused-ring (bicyclic) bond motifs is 2. The second kappa shape index (κ2) is 15.5. The van der Waals surface area contributed by atoms with Crippen LogP contribution in [-0.4, -0.2) is 18.7 Å². The molecule has 0 N–H and O–H groups in total. The second-order valence-corrected chi connectivity index (χ2v) is 11.6. The van der Waals surface area contributed by atoms with Crippen LogP contribution in [0.15, 0.2) is 29.8 Å². The number of carbonyl (C=O) groups is 1. The maximum absolute atomic E-state index is 12.4. The molecule has 0 aliphatic heterocycles. The third-order valence-electron chi connectivity index (χ3n) is 8.23. The van der Waals surface area contributed by atoms with Crippen molar-refractivity contribution >= 4 is 5.97 Å². The van der Waals surface area contributed by atoms with Crippen molar-refractivity contribution in [2.45, 2.75) is 130 Å². The minimum atomic E-state index is -0.217. The zero-order valence-corrected chi connectivity index (χ0v) is 23.7. The van der Waals surface area contributed by atoms with Gasteiger partial charge in [0.25, 0.3) is 0 Å². The lowest BCUT2D eigenvalue weighted by Gasteiger charge is -2.30. The Morgan fingerprint density at radius 1 is 1.03 bits per heavy atom. The predicted octanol–water partition coefficient (Wildman–Crippen LogP) is 9.02. The van der Waals surface area contributed by atoms with Crippen molar-refractivity contribution in [1.29, 1.82) is 0 Å². The van der Waals surface area contributed by atoms with E-state index in [0.717, 1.165) is 43.8 Å². The SMILES string of the molecule is CCC.CCCCCCC/C=C1\CCC2Cc3c(cccc3OCC(=O)OC3CCCC(C)C3)CC12. The van der Waals surface area contributed by atoms with Crippen LogP contribution in [0.4, 0.5) is 0 Å². The molecule has 4 atom stereocenters. The Kier molecular flexibility index (Phi) is 12.4.